The summed E-state index contributed by atoms with van der Waals surface area (Å²) < 4.78 is 4.77. The molecule has 1 heterocycles. The predicted molar refractivity (Wildman–Crippen MR) is 111 cm³/mol. The number of nitrogens with zero attached hydrogens (tertiary/aromatic N) is 2. The number of likely N-dealkylation sites (tertiary alicyclic amines) is 1. The number of halogens is 1. The third-order valence-corrected chi connectivity index (χ3v) is 5.63. The van der Waals surface area contributed by atoms with Gasteiger partial charge in [0.1, 0.15) is 0 Å². The molecule has 156 valence electrons. The highest BCUT2D eigenvalue weighted by Crippen LogP contribution is 2.29. The van der Waals surface area contributed by atoms with Crippen LogP contribution in [0.4, 0.5) is 0 Å². The largest absolute Gasteiger partial charge is 0.469 e. The van der Waals surface area contributed by atoms with E-state index in [9.17, 15) is 9.59 Å². The Balaban J connectivity index is 1.95. The summed E-state index contributed by atoms with van der Waals surface area (Å²) in [7, 11) is 1.38. The maximum atomic E-state index is 12.5. The summed E-state index contributed by atoms with van der Waals surface area (Å²) >= 11 is 6.43. The van der Waals surface area contributed by atoms with E-state index in [2.05, 4.69) is 10.2 Å². The number of likely N-dealkylation sites (N-methyl/N-ethyl adjacent to an activating group) is 1. The number of methoxy groups -OCH3 is 1. The first kappa shape index (κ1) is 22.7. The van der Waals surface area contributed by atoms with Gasteiger partial charge in [-0.3, -0.25) is 19.4 Å². The highest BCUT2D eigenvalue weighted by molar-refractivity contribution is 6.31. The average Bonchev–Trinajstić information content (AvgIpc) is 3.22. The van der Waals surface area contributed by atoms with Crippen LogP contribution < -0.4 is 5.32 Å². The van der Waals surface area contributed by atoms with Crippen LogP contribution in [0.5, 0.6) is 0 Å². The van der Waals surface area contributed by atoms with E-state index in [4.69, 9.17) is 16.3 Å². The van der Waals surface area contributed by atoms with Gasteiger partial charge in [-0.05, 0) is 44.1 Å². The number of carbonyl (C=O) groups excluding carboxylic acids is 2. The lowest BCUT2D eigenvalue weighted by Crippen LogP contribution is -2.43. The molecule has 0 spiro atoms. The Morgan fingerprint density at radius 3 is 2.57 bits per heavy atom. The predicted octanol–water partition coefficient (Wildman–Crippen LogP) is 2.72. The maximum Gasteiger partial charge on any atom is 0.309 e. The summed E-state index contributed by atoms with van der Waals surface area (Å²) in [5.74, 6) is -0.569. The quantitative estimate of drug-likeness (QED) is 0.602. The molecule has 0 aliphatic carbocycles. The molecule has 28 heavy (non-hydrogen) atoms. The van der Waals surface area contributed by atoms with Crippen molar-refractivity contribution in [3.05, 3.63) is 34.9 Å². The molecule has 6 nitrogen and oxygen atoms in total. The lowest BCUT2D eigenvalue weighted by atomic mass is 10.1. The molecule has 2 atom stereocenters. The monoisotopic (exact) mass is 409 g/mol. The van der Waals surface area contributed by atoms with Gasteiger partial charge in [0.05, 0.1) is 25.6 Å². The molecule has 0 bridgehead atoms. The second-order valence-corrected chi connectivity index (χ2v) is 7.74. The first-order valence-corrected chi connectivity index (χ1v) is 10.4. The molecule has 1 aromatic carbocycles. The van der Waals surface area contributed by atoms with Crippen molar-refractivity contribution in [2.45, 2.75) is 32.7 Å². The normalized spacial score (nSPS) is 16.8. The molecule has 0 aromatic heterocycles. The van der Waals surface area contributed by atoms with Crippen molar-refractivity contribution >= 4 is 23.5 Å². The number of benzene rings is 1. The maximum absolute atomic E-state index is 12.5. The van der Waals surface area contributed by atoms with E-state index >= 15 is 0 Å². The Kier molecular flexibility index (Phi) is 9.22. The van der Waals surface area contributed by atoms with E-state index < -0.39 is 0 Å². The van der Waals surface area contributed by atoms with Gasteiger partial charge < -0.3 is 10.1 Å². The van der Waals surface area contributed by atoms with Gasteiger partial charge in [-0.2, -0.15) is 0 Å². The Labute approximate surface area is 173 Å². The van der Waals surface area contributed by atoms with Gasteiger partial charge in [0.15, 0.2) is 0 Å². The van der Waals surface area contributed by atoms with Gasteiger partial charge >= 0.3 is 5.97 Å². The zero-order chi connectivity index (χ0) is 20.5. The van der Waals surface area contributed by atoms with Crippen LogP contribution in [0, 0.1) is 5.92 Å². The minimum absolute atomic E-state index is 0.0461. The molecule has 1 saturated heterocycles. The fourth-order valence-electron chi connectivity index (χ4n) is 3.67. The van der Waals surface area contributed by atoms with Crippen LogP contribution in [0.3, 0.4) is 0 Å². The van der Waals surface area contributed by atoms with Gasteiger partial charge in [-0.1, -0.05) is 43.6 Å². The molecule has 7 heteroatoms. The molecule has 2 unspecified atom stereocenters. The van der Waals surface area contributed by atoms with E-state index in [0.29, 0.717) is 19.6 Å². The molecule has 1 amide bonds. The fraction of sp³-hybridized carbons (Fsp3) is 0.619. The van der Waals surface area contributed by atoms with Crippen LogP contribution >= 0.6 is 11.6 Å². The van der Waals surface area contributed by atoms with E-state index in [1.54, 1.807) is 0 Å². The minimum Gasteiger partial charge on any atom is -0.469 e. The van der Waals surface area contributed by atoms with Crippen molar-refractivity contribution in [2.75, 3.05) is 46.4 Å². The number of hydrogen-bond donors (Lipinski definition) is 1. The Hall–Kier alpha value is -1.63. The number of hydrogen-bond acceptors (Lipinski definition) is 5. The third kappa shape index (κ3) is 6.47. The van der Waals surface area contributed by atoms with Crippen molar-refractivity contribution in [3.63, 3.8) is 0 Å². The van der Waals surface area contributed by atoms with Gasteiger partial charge in [-0.15, -0.1) is 0 Å². The highest BCUT2D eigenvalue weighted by Gasteiger charge is 2.26. The fourth-order valence-corrected chi connectivity index (χ4v) is 3.93. The Bertz CT molecular complexity index is 650. The third-order valence-electron chi connectivity index (χ3n) is 5.29. The van der Waals surface area contributed by atoms with Crippen molar-refractivity contribution in [1.82, 2.24) is 15.1 Å². The second kappa shape index (κ2) is 11.4. The number of nitrogens with one attached hydrogen (secondary N) is 1. The Morgan fingerprint density at radius 1 is 1.29 bits per heavy atom. The van der Waals surface area contributed by atoms with E-state index in [0.717, 1.165) is 23.7 Å². The van der Waals surface area contributed by atoms with Gasteiger partial charge in [0.2, 0.25) is 5.91 Å². The molecule has 1 aromatic rings. The molecule has 1 fully saturated rings. The van der Waals surface area contributed by atoms with Gasteiger partial charge in [0, 0.05) is 18.1 Å². The van der Waals surface area contributed by atoms with E-state index in [1.165, 1.54) is 20.0 Å². The van der Waals surface area contributed by atoms with Crippen molar-refractivity contribution in [1.29, 1.82) is 0 Å². The summed E-state index contributed by atoms with van der Waals surface area (Å²) in [6, 6.07) is 7.92. The smallest absolute Gasteiger partial charge is 0.309 e. The van der Waals surface area contributed by atoms with Gasteiger partial charge in [-0.25, -0.2) is 0 Å². The molecule has 1 aliphatic heterocycles. The second-order valence-electron chi connectivity index (χ2n) is 7.34. The first-order chi connectivity index (χ1) is 13.5. The summed E-state index contributed by atoms with van der Waals surface area (Å²) in [6.45, 7) is 7.79. The lowest BCUT2D eigenvalue weighted by Gasteiger charge is -2.29. The van der Waals surface area contributed by atoms with E-state index in [-0.39, 0.29) is 30.4 Å². The highest BCUT2D eigenvalue weighted by atomic mass is 35.5. The molecular formula is C21H32ClN3O3. The number of rotatable bonds is 10. The molecule has 1 N–H and O–H groups in total. The summed E-state index contributed by atoms with van der Waals surface area (Å²) in [5, 5.41) is 3.80. The number of ether oxygens (including phenoxy) is 1. The summed E-state index contributed by atoms with van der Waals surface area (Å²) in [5.41, 5.74) is 1.05. The SMILES string of the molecule is CCN(CC(=O)NCC(c1ccccc1Cl)N1CCCC1)CC(C)C(=O)OC. The summed E-state index contributed by atoms with van der Waals surface area (Å²) in [4.78, 5) is 28.5. The van der Waals surface area contributed by atoms with Crippen LogP contribution in [0.25, 0.3) is 0 Å². The molecule has 0 saturated carbocycles. The number of esters is 1. The minimum atomic E-state index is -0.266. The van der Waals surface area contributed by atoms with Crippen LogP contribution in [-0.4, -0.2) is 68.1 Å². The topological polar surface area (TPSA) is 61.9 Å². The molecule has 1 aliphatic rings. The van der Waals surface area contributed by atoms with Gasteiger partial charge in [0.25, 0.3) is 0 Å². The van der Waals surface area contributed by atoms with Crippen molar-refractivity contribution in [3.8, 4) is 0 Å². The van der Waals surface area contributed by atoms with Crippen molar-refractivity contribution < 1.29 is 14.3 Å². The molecule has 0 radical (unpaired) electrons. The van der Waals surface area contributed by atoms with Crippen LogP contribution in [0.15, 0.2) is 24.3 Å². The zero-order valence-corrected chi connectivity index (χ0v) is 17.9. The van der Waals surface area contributed by atoms with Crippen LogP contribution in [-0.2, 0) is 14.3 Å². The zero-order valence-electron chi connectivity index (χ0n) is 17.1. The molecule has 2 rings (SSSR count). The Morgan fingerprint density at radius 2 is 1.96 bits per heavy atom. The first-order valence-electron chi connectivity index (χ1n) is 10.0. The summed E-state index contributed by atoms with van der Waals surface area (Å²) in [6.07, 6.45) is 2.34. The van der Waals surface area contributed by atoms with E-state index in [1.807, 2.05) is 43.0 Å². The van der Waals surface area contributed by atoms with Crippen LogP contribution in [0.1, 0.15) is 38.3 Å². The standard InChI is InChI=1S/C21H32ClN3O3/c1-4-24(14-16(2)21(27)28-3)15-20(26)23-13-19(25-11-7-8-12-25)17-9-5-6-10-18(17)22/h5-6,9-10,16,19H,4,7-8,11-15H2,1-3H3,(H,23,26). The average molecular weight is 410 g/mol. The number of amides is 1. The lowest BCUT2D eigenvalue weighted by molar-refractivity contribution is -0.145. The molecular weight excluding hydrogens is 378 g/mol. The van der Waals surface area contributed by atoms with Crippen LogP contribution in [0.2, 0.25) is 5.02 Å². The number of carbonyl (C=O) groups is 2. The van der Waals surface area contributed by atoms with Crippen molar-refractivity contribution in [2.24, 2.45) is 5.92 Å².